The molecule has 1 saturated heterocycles. The highest BCUT2D eigenvalue weighted by molar-refractivity contribution is 5.97. The van der Waals surface area contributed by atoms with Crippen LogP contribution >= 0.6 is 0 Å². The highest BCUT2D eigenvalue weighted by atomic mass is 16.6. The lowest BCUT2D eigenvalue weighted by Crippen LogP contribution is -2.29. The fraction of sp³-hybridized carbons (Fsp3) is 0.615. The van der Waals surface area contributed by atoms with Crippen LogP contribution < -0.4 is 0 Å². The van der Waals surface area contributed by atoms with Gasteiger partial charge in [0.15, 0.2) is 5.78 Å². The minimum atomic E-state index is -0.0994. The fourth-order valence-electron chi connectivity index (χ4n) is 3.81. The molecule has 3 aliphatic rings. The topological polar surface area (TPSA) is 42.7 Å². The van der Waals surface area contributed by atoms with Crippen molar-refractivity contribution in [3.05, 3.63) is 24.2 Å². The van der Waals surface area contributed by atoms with Crippen LogP contribution in [0.5, 0.6) is 0 Å². The molecular formula is C13H14O3. The van der Waals surface area contributed by atoms with Crippen molar-refractivity contribution in [1.82, 2.24) is 0 Å². The lowest BCUT2D eigenvalue weighted by molar-refractivity contribution is -0.122. The average Bonchev–Trinajstić information content (AvgIpc) is 2.72. The van der Waals surface area contributed by atoms with Gasteiger partial charge in [-0.15, -0.1) is 0 Å². The van der Waals surface area contributed by atoms with E-state index >= 15 is 0 Å². The number of Topliss-reactive ketones (excluding diaryl/α,β-unsaturated/α-hetero) is 1. The Kier molecular flexibility index (Phi) is 1.56. The van der Waals surface area contributed by atoms with Crippen molar-refractivity contribution in [1.29, 1.82) is 0 Å². The van der Waals surface area contributed by atoms with Gasteiger partial charge in [-0.2, -0.15) is 0 Å². The molecule has 0 radical (unpaired) electrons. The van der Waals surface area contributed by atoms with E-state index in [1.54, 1.807) is 12.5 Å². The maximum atomic E-state index is 12.2. The van der Waals surface area contributed by atoms with Crippen LogP contribution in [0, 0.1) is 5.92 Å². The van der Waals surface area contributed by atoms with Crippen LogP contribution in [0.1, 0.15) is 37.2 Å². The van der Waals surface area contributed by atoms with Crippen molar-refractivity contribution in [2.45, 2.75) is 43.3 Å². The molecule has 0 amide bonds. The Labute approximate surface area is 93.8 Å². The first-order valence-electron chi connectivity index (χ1n) is 6.06. The Bertz CT molecular complexity index is 436. The monoisotopic (exact) mass is 218 g/mol. The van der Waals surface area contributed by atoms with E-state index in [9.17, 15) is 4.79 Å². The second-order valence-corrected chi connectivity index (χ2v) is 5.24. The number of carbonyl (C=O) groups is 1. The van der Waals surface area contributed by atoms with Crippen LogP contribution in [-0.2, 0) is 9.53 Å². The number of hydrogen-bond acceptors (Lipinski definition) is 3. The molecule has 1 unspecified atom stereocenters. The van der Waals surface area contributed by atoms with E-state index in [0.29, 0.717) is 5.92 Å². The van der Waals surface area contributed by atoms with Gasteiger partial charge < -0.3 is 9.15 Å². The third kappa shape index (κ3) is 0.908. The third-order valence-electron chi connectivity index (χ3n) is 4.55. The summed E-state index contributed by atoms with van der Waals surface area (Å²) in [7, 11) is 0. The quantitative estimate of drug-likeness (QED) is 0.679. The standard InChI is InChI=1S/C13H14O3/c14-11-10(8-4-6-15-7-8)9-3-1-2-5-13(9)12(11)16-13/h4,6-7,9-10,12H,1-3,5H2/t9-,10-,12+,13?/m0/s1. The van der Waals surface area contributed by atoms with Crippen LogP contribution in [0.4, 0.5) is 0 Å². The van der Waals surface area contributed by atoms with Crippen molar-refractivity contribution in [2.75, 3.05) is 0 Å². The number of ketones is 1. The van der Waals surface area contributed by atoms with Gasteiger partial charge in [0.2, 0.25) is 0 Å². The predicted molar refractivity (Wildman–Crippen MR) is 56.0 cm³/mol. The van der Waals surface area contributed by atoms with Gasteiger partial charge in [0.05, 0.1) is 18.4 Å². The van der Waals surface area contributed by atoms with Crippen molar-refractivity contribution >= 4 is 5.78 Å². The zero-order valence-electron chi connectivity index (χ0n) is 9.02. The molecule has 4 rings (SSSR count). The van der Waals surface area contributed by atoms with E-state index < -0.39 is 0 Å². The van der Waals surface area contributed by atoms with Crippen LogP contribution in [0.3, 0.4) is 0 Å². The van der Waals surface area contributed by atoms with Gasteiger partial charge in [0, 0.05) is 11.5 Å². The Morgan fingerprint density at radius 1 is 1.38 bits per heavy atom. The van der Waals surface area contributed by atoms with Crippen LogP contribution in [0.15, 0.2) is 23.0 Å². The first kappa shape index (κ1) is 8.99. The Hall–Kier alpha value is -1.09. The first-order valence-corrected chi connectivity index (χ1v) is 6.06. The summed E-state index contributed by atoms with van der Waals surface area (Å²) in [5.74, 6) is 0.724. The predicted octanol–water partition coefficient (Wildman–Crippen LogP) is 2.27. The van der Waals surface area contributed by atoms with Crippen LogP contribution in [-0.4, -0.2) is 17.5 Å². The average molecular weight is 218 g/mol. The van der Waals surface area contributed by atoms with Crippen molar-refractivity contribution in [3.63, 3.8) is 0 Å². The van der Waals surface area contributed by atoms with Gasteiger partial charge >= 0.3 is 0 Å². The van der Waals surface area contributed by atoms with Gasteiger partial charge in [0.1, 0.15) is 11.7 Å². The molecule has 84 valence electrons. The number of rotatable bonds is 1. The molecule has 1 aliphatic heterocycles. The van der Waals surface area contributed by atoms with Crippen molar-refractivity contribution in [3.8, 4) is 0 Å². The highest BCUT2D eigenvalue weighted by Crippen LogP contribution is 2.63. The molecule has 1 aromatic heterocycles. The molecule has 0 bridgehead atoms. The molecule has 2 saturated carbocycles. The normalized spacial score (nSPS) is 45.2. The Morgan fingerprint density at radius 3 is 3.12 bits per heavy atom. The van der Waals surface area contributed by atoms with E-state index in [1.807, 2.05) is 6.07 Å². The first-order chi connectivity index (χ1) is 7.83. The lowest BCUT2D eigenvalue weighted by atomic mass is 9.75. The minimum Gasteiger partial charge on any atom is -0.472 e. The number of furan rings is 1. The zero-order chi connectivity index (χ0) is 10.8. The zero-order valence-corrected chi connectivity index (χ0v) is 9.02. The van der Waals surface area contributed by atoms with E-state index in [1.165, 1.54) is 12.8 Å². The number of epoxide rings is 1. The summed E-state index contributed by atoms with van der Waals surface area (Å²) < 4.78 is 10.8. The summed E-state index contributed by atoms with van der Waals surface area (Å²) in [6.07, 6.45) is 7.90. The SMILES string of the molecule is O=C1[C@H]2OC23CCCC[C@H]3[C@@H]1c1ccoc1. The molecule has 0 aromatic carbocycles. The Balaban J connectivity index is 1.76. The molecule has 3 nitrogen and oxygen atoms in total. The van der Waals surface area contributed by atoms with E-state index in [2.05, 4.69) is 0 Å². The van der Waals surface area contributed by atoms with Gasteiger partial charge in [-0.25, -0.2) is 0 Å². The molecule has 0 N–H and O–H groups in total. The third-order valence-corrected chi connectivity index (χ3v) is 4.55. The van der Waals surface area contributed by atoms with Gasteiger partial charge in [-0.05, 0) is 18.9 Å². The summed E-state index contributed by atoms with van der Waals surface area (Å²) in [6.45, 7) is 0. The summed E-state index contributed by atoms with van der Waals surface area (Å²) in [6, 6.07) is 1.93. The second-order valence-electron chi connectivity index (χ2n) is 5.24. The minimum absolute atomic E-state index is 0.0396. The van der Waals surface area contributed by atoms with E-state index in [0.717, 1.165) is 18.4 Å². The number of hydrogen-bond donors (Lipinski definition) is 0. The Morgan fingerprint density at radius 2 is 2.31 bits per heavy atom. The largest absolute Gasteiger partial charge is 0.472 e. The maximum absolute atomic E-state index is 12.2. The molecule has 1 spiro atoms. The highest BCUT2D eigenvalue weighted by Gasteiger charge is 2.73. The van der Waals surface area contributed by atoms with Crippen LogP contribution in [0.25, 0.3) is 0 Å². The van der Waals surface area contributed by atoms with Crippen molar-refractivity contribution in [2.24, 2.45) is 5.92 Å². The van der Waals surface area contributed by atoms with Gasteiger partial charge in [-0.1, -0.05) is 12.8 Å². The molecule has 3 fully saturated rings. The fourth-order valence-corrected chi connectivity index (χ4v) is 3.81. The van der Waals surface area contributed by atoms with Gasteiger partial charge in [-0.3, -0.25) is 4.79 Å². The molecule has 2 heterocycles. The second kappa shape index (κ2) is 2.77. The lowest BCUT2D eigenvalue weighted by Gasteiger charge is -2.29. The number of ether oxygens (including phenoxy) is 1. The van der Waals surface area contributed by atoms with Crippen molar-refractivity contribution < 1.29 is 13.9 Å². The van der Waals surface area contributed by atoms with Gasteiger partial charge in [0.25, 0.3) is 0 Å². The molecule has 4 atom stereocenters. The van der Waals surface area contributed by atoms with Crippen LogP contribution in [0.2, 0.25) is 0 Å². The summed E-state index contributed by atoms with van der Waals surface area (Å²) in [5.41, 5.74) is 0.976. The molecule has 1 aromatic rings. The summed E-state index contributed by atoms with van der Waals surface area (Å²) in [4.78, 5) is 12.2. The molecular weight excluding hydrogens is 204 g/mol. The molecule has 16 heavy (non-hydrogen) atoms. The smallest absolute Gasteiger partial charge is 0.172 e. The summed E-state index contributed by atoms with van der Waals surface area (Å²) in [5, 5.41) is 0. The number of carbonyl (C=O) groups excluding carboxylic acids is 1. The van der Waals surface area contributed by atoms with E-state index in [-0.39, 0.29) is 23.4 Å². The summed E-state index contributed by atoms with van der Waals surface area (Å²) >= 11 is 0. The van der Waals surface area contributed by atoms with E-state index in [4.69, 9.17) is 9.15 Å². The maximum Gasteiger partial charge on any atom is 0.172 e. The molecule has 3 heteroatoms. The molecule has 2 aliphatic carbocycles.